The molecule has 0 bridgehead atoms. The maximum atomic E-state index is 11.4. The van der Waals surface area contributed by atoms with Crippen LogP contribution >= 0.6 is 15.9 Å². The number of nitroso groups, excluding NO2 is 1. The van der Waals surface area contributed by atoms with E-state index in [2.05, 4.69) is 21.1 Å². The number of ether oxygens (including phenoxy) is 2. The Hall–Kier alpha value is -1.43. The fourth-order valence-electron chi connectivity index (χ4n) is 1.63. The van der Waals surface area contributed by atoms with Gasteiger partial charge >= 0.3 is 5.97 Å². The quantitative estimate of drug-likeness (QED) is 0.410. The van der Waals surface area contributed by atoms with Gasteiger partial charge in [0.15, 0.2) is 6.04 Å². The number of carbonyl (C=O) groups is 1. The van der Waals surface area contributed by atoms with E-state index in [4.69, 9.17) is 9.47 Å². The molecule has 5 nitrogen and oxygen atoms in total. The van der Waals surface area contributed by atoms with Crippen molar-refractivity contribution in [2.75, 3.05) is 13.2 Å². The van der Waals surface area contributed by atoms with Crippen LogP contribution < -0.4 is 4.74 Å². The minimum atomic E-state index is -0.944. The minimum Gasteiger partial charge on any atom is -0.492 e. The lowest BCUT2D eigenvalue weighted by Crippen LogP contribution is -2.21. The molecular weight excluding hydrogens is 326 g/mol. The number of nitrogens with zero attached hydrogens (tertiary/aromatic N) is 1. The fourth-order valence-corrected chi connectivity index (χ4v) is 2.24. The molecular formula is C14H18BrNO4. The summed E-state index contributed by atoms with van der Waals surface area (Å²) in [6.45, 7) is 4.34. The molecule has 110 valence electrons. The van der Waals surface area contributed by atoms with Crippen molar-refractivity contribution in [2.24, 2.45) is 5.18 Å². The fraction of sp³-hybridized carbons (Fsp3) is 0.500. The van der Waals surface area contributed by atoms with E-state index in [9.17, 15) is 9.70 Å². The molecule has 1 atom stereocenters. The second-order valence-corrected chi connectivity index (χ2v) is 5.15. The Bertz CT molecular complexity index is 464. The van der Waals surface area contributed by atoms with Crippen molar-refractivity contribution in [3.8, 4) is 5.75 Å². The smallest absolute Gasteiger partial charge is 0.334 e. The summed E-state index contributed by atoms with van der Waals surface area (Å²) in [4.78, 5) is 21.9. The van der Waals surface area contributed by atoms with Gasteiger partial charge in [-0.05, 0) is 60.3 Å². The van der Waals surface area contributed by atoms with Crippen LogP contribution in [0.15, 0.2) is 27.8 Å². The van der Waals surface area contributed by atoms with E-state index in [0.29, 0.717) is 19.4 Å². The average Bonchev–Trinajstić information content (AvgIpc) is 2.41. The molecule has 1 unspecified atom stereocenters. The molecule has 0 N–H and O–H groups in total. The molecule has 0 fully saturated rings. The van der Waals surface area contributed by atoms with Crippen molar-refractivity contribution in [3.63, 3.8) is 0 Å². The van der Waals surface area contributed by atoms with Gasteiger partial charge in [-0.15, -0.1) is 4.91 Å². The summed E-state index contributed by atoms with van der Waals surface area (Å²) in [6.07, 6.45) is 0.876. The largest absolute Gasteiger partial charge is 0.492 e. The molecule has 0 heterocycles. The number of aryl methyl sites for hydroxylation is 1. The monoisotopic (exact) mass is 343 g/mol. The third-order valence-corrected chi connectivity index (χ3v) is 3.27. The highest BCUT2D eigenvalue weighted by molar-refractivity contribution is 9.10. The molecule has 1 rings (SSSR count). The number of benzene rings is 1. The first-order valence-electron chi connectivity index (χ1n) is 6.46. The lowest BCUT2D eigenvalue weighted by atomic mass is 10.2. The number of hydrogen-bond acceptors (Lipinski definition) is 5. The SMILES string of the molecule is CCOC(=O)C(CCCOc1ccc(C)cc1Br)N=O. The normalized spacial score (nSPS) is 11.8. The summed E-state index contributed by atoms with van der Waals surface area (Å²) in [6, 6.07) is 4.85. The molecule has 20 heavy (non-hydrogen) atoms. The zero-order chi connectivity index (χ0) is 15.0. The molecule has 0 spiro atoms. The standard InChI is InChI=1S/C14H18BrNO4/c1-3-19-14(17)12(16-18)5-4-8-20-13-7-6-10(2)9-11(13)15/h6-7,9,12H,3-5,8H2,1-2H3. The third kappa shape index (κ3) is 5.28. The molecule has 0 saturated heterocycles. The van der Waals surface area contributed by atoms with Crippen LogP contribution in [-0.4, -0.2) is 25.2 Å². The van der Waals surface area contributed by atoms with Gasteiger partial charge in [-0.2, -0.15) is 0 Å². The van der Waals surface area contributed by atoms with Gasteiger partial charge in [0.1, 0.15) is 5.75 Å². The van der Waals surface area contributed by atoms with Crippen LogP contribution in [0.25, 0.3) is 0 Å². The van der Waals surface area contributed by atoms with Gasteiger partial charge in [-0.25, -0.2) is 4.79 Å². The van der Waals surface area contributed by atoms with Gasteiger partial charge in [0.25, 0.3) is 0 Å². The van der Waals surface area contributed by atoms with Crippen LogP contribution in [0.3, 0.4) is 0 Å². The Morgan fingerprint density at radius 2 is 2.20 bits per heavy atom. The van der Waals surface area contributed by atoms with Gasteiger partial charge in [-0.3, -0.25) is 0 Å². The average molecular weight is 344 g/mol. The van der Waals surface area contributed by atoms with Crippen LogP contribution in [0, 0.1) is 11.8 Å². The van der Waals surface area contributed by atoms with Crippen LogP contribution in [0.4, 0.5) is 0 Å². The summed E-state index contributed by atoms with van der Waals surface area (Å²) in [5.74, 6) is 0.168. The molecule has 0 amide bonds. The first-order valence-corrected chi connectivity index (χ1v) is 7.25. The summed E-state index contributed by atoms with van der Waals surface area (Å²) < 4.78 is 11.2. The van der Waals surface area contributed by atoms with E-state index >= 15 is 0 Å². The molecule has 1 aromatic carbocycles. The maximum absolute atomic E-state index is 11.4. The van der Waals surface area contributed by atoms with E-state index in [1.807, 2.05) is 25.1 Å². The molecule has 0 aliphatic carbocycles. The Balaban J connectivity index is 2.37. The highest BCUT2D eigenvalue weighted by Gasteiger charge is 2.19. The molecule has 6 heteroatoms. The zero-order valence-corrected chi connectivity index (χ0v) is 13.2. The Labute approximate surface area is 126 Å². The van der Waals surface area contributed by atoms with Crippen molar-refractivity contribution in [1.82, 2.24) is 0 Å². The van der Waals surface area contributed by atoms with Crippen LogP contribution in [0.2, 0.25) is 0 Å². The zero-order valence-electron chi connectivity index (χ0n) is 11.6. The van der Waals surface area contributed by atoms with Crippen molar-refractivity contribution in [2.45, 2.75) is 32.7 Å². The van der Waals surface area contributed by atoms with E-state index < -0.39 is 12.0 Å². The first kappa shape index (κ1) is 16.6. The Morgan fingerprint density at radius 1 is 1.45 bits per heavy atom. The van der Waals surface area contributed by atoms with Gasteiger partial charge in [-0.1, -0.05) is 11.2 Å². The van der Waals surface area contributed by atoms with Crippen molar-refractivity contribution >= 4 is 21.9 Å². The third-order valence-electron chi connectivity index (χ3n) is 2.65. The second-order valence-electron chi connectivity index (χ2n) is 4.30. The minimum absolute atomic E-state index is 0.248. The van der Waals surface area contributed by atoms with Crippen molar-refractivity contribution < 1.29 is 14.3 Å². The highest BCUT2D eigenvalue weighted by Crippen LogP contribution is 2.25. The van der Waals surface area contributed by atoms with Crippen LogP contribution in [0.1, 0.15) is 25.3 Å². The van der Waals surface area contributed by atoms with Gasteiger partial charge < -0.3 is 9.47 Å². The molecule has 1 aromatic rings. The molecule has 0 aliphatic rings. The second kappa shape index (κ2) is 8.68. The van der Waals surface area contributed by atoms with Crippen molar-refractivity contribution in [1.29, 1.82) is 0 Å². The highest BCUT2D eigenvalue weighted by atomic mass is 79.9. The Morgan fingerprint density at radius 3 is 2.80 bits per heavy atom. The predicted molar refractivity (Wildman–Crippen MR) is 79.8 cm³/mol. The maximum Gasteiger partial charge on any atom is 0.334 e. The Kier molecular flexibility index (Phi) is 7.22. The number of carbonyl (C=O) groups excluding carboxylic acids is 1. The first-order chi connectivity index (χ1) is 9.58. The summed E-state index contributed by atoms with van der Waals surface area (Å²) >= 11 is 3.42. The molecule has 0 saturated carbocycles. The van der Waals surface area contributed by atoms with E-state index in [1.54, 1.807) is 6.92 Å². The summed E-state index contributed by atoms with van der Waals surface area (Å²) in [5, 5.41) is 2.79. The van der Waals surface area contributed by atoms with Crippen LogP contribution in [0.5, 0.6) is 5.75 Å². The van der Waals surface area contributed by atoms with Crippen molar-refractivity contribution in [3.05, 3.63) is 33.1 Å². The lowest BCUT2D eigenvalue weighted by molar-refractivity contribution is -0.144. The number of hydrogen-bond donors (Lipinski definition) is 0. The molecule has 0 aromatic heterocycles. The predicted octanol–water partition coefficient (Wildman–Crippen LogP) is 3.61. The topological polar surface area (TPSA) is 65.0 Å². The van der Waals surface area contributed by atoms with E-state index in [1.165, 1.54) is 0 Å². The summed E-state index contributed by atoms with van der Waals surface area (Å²) in [7, 11) is 0. The van der Waals surface area contributed by atoms with Gasteiger partial charge in [0, 0.05) is 0 Å². The summed E-state index contributed by atoms with van der Waals surface area (Å²) in [5.41, 5.74) is 1.14. The van der Waals surface area contributed by atoms with Crippen LogP contribution in [-0.2, 0) is 9.53 Å². The van der Waals surface area contributed by atoms with Gasteiger partial charge in [0.2, 0.25) is 0 Å². The number of esters is 1. The molecule has 0 radical (unpaired) electrons. The molecule has 0 aliphatic heterocycles. The van der Waals surface area contributed by atoms with Gasteiger partial charge in [0.05, 0.1) is 17.7 Å². The number of halogens is 1. The lowest BCUT2D eigenvalue weighted by Gasteiger charge is -2.10. The van der Waals surface area contributed by atoms with E-state index in [-0.39, 0.29) is 6.61 Å². The van der Waals surface area contributed by atoms with E-state index in [0.717, 1.165) is 15.8 Å². The number of rotatable bonds is 8.